The van der Waals surface area contributed by atoms with Crippen molar-refractivity contribution < 1.29 is 5.11 Å². The first kappa shape index (κ1) is 13.2. The predicted octanol–water partition coefficient (Wildman–Crippen LogP) is 3.02. The summed E-state index contributed by atoms with van der Waals surface area (Å²) in [4.78, 5) is 2.26. The number of aliphatic hydroxyl groups excluding tert-OH is 1. The number of hydrogen-bond donors (Lipinski definition) is 1. The molecule has 1 aromatic rings. The Hall–Kier alpha value is -0.280. The number of nitrogens with zero attached hydrogens (tertiary/aromatic N) is 1. The maximum atomic E-state index is 9.48. The lowest BCUT2D eigenvalue weighted by molar-refractivity contribution is 0.118. The average molecular weight is 274 g/mol. The molecular weight excluding hydrogens is 257 g/mol. The third-order valence-corrected chi connectivity index (χ3v) is 4.28. The summed E-state index contributed by atoms with van der Waals surface area (Å²) in [5, 5.41) is 10.7. The van der Waals surface area contributed by atoms with Gasteiger partial charge in [-0.05, 0) is 43.6 Å². The van der Waals surface area contributed by atoms with Gasteiger partial charge < -0.3 is 10.0 Å². The molecule has 0 saturated carbocycles. The zero-order valence-electron chi connectivity index (χ0n) is 9.87. The molecule has 0 unspecified atom stereocenters. The lowest BCUT2D eigenvalue weighted by Gasteiger charge is -2.36. The molecule has 1 aliphatic rings. The fourth-order valence-electron chi connectivity index (χ4n) is 2.58. The first-order valence-electron chi connectivity index (χ1n) is 5.86. The van der Waals surface area contributed by atoms with Crippen LogP contribution in [0.5, 0.6) is 0 Å². The van der Waals surface area contributed by atoms with Crippen molar-refractivity contribution in [1.29, 1.82) is 0 Å². The SMILES string of the molecule is CN1CC[C@@H](c2ccc(Cl)c(Cl)c2)[C@H](CO)C1. The van der Waals surface area contributed by atoms with E-state index in [1.807, 2.05) is 18.2 Å². The van der Waals surface area contributed by atoms with Crippen molar-refractivity contribution in [2.45, 2.75) is 12.3 Å². The molecule has 0 radical (unpaired) electrons. The molecule has 17 heavy (non-hydrogen) atoms. The molecule has 1 saturated heterocycles. The molecule has 0 amide bonds. The highest BCUT2D eigenvalue weighted by Crippen LogP contribution is 2.35. The van der Waals surface area contributed by atoms with Crippen molar-refractivity contribution >= 4 is 23.2 Å². The molecule has 1 aliphatic heterocycles. The Kier molecular flexibility index (Phi) is 4.31. The molecule has 0 bridgehead atoms. The zero-order chi connectivity index (χ0) is 12.4. The molecule has 0 aromatic heterocycles. The van der Waals surface area contributed by atoms with Crippen LogP contribution in [0.2, 0.25) is 10.0 Å². The Labute approximate surface area is 112 Å². The number of aliphatic hydroxyl groups is 1. The Morgan fingerprint density at radius 2 is 2.12 bits per heavy atom. The first-order valence-corrected chi connectivity index (χ1v) is 6.61. The van der Waals surface area contributed by atoms with E-state index in [4.69, 9.17) is 23.2 Å². The zero-order valence-corrected chi connectivity index (χ0v) is 11.4. The largest absolute Gasteiger partial charge is 0.396 e. The predicted molar refractivity (Wildman–Crippen MR) is 71.9 cm³/mol. The van der Waals surface area contributed by atoms with E-state index in [0.29, 0.717) is 16.0 Å². The van der Waals surface area contributed by atoms with Gasteiger partial charge in [-0.2, -0.15) is 0 Å². The molecular formula is C13H17Cl2NO. The molecule has 94 valence electrons. The van der Waals surface area contributed by atoms with Crippen molar-refractivity contribution in [3.05, 3.63) is 33.8 Å². The Morgan fingerprint density at radius 1 is 1.35 bits per heavy atom. The van der Waals surface area contributed by atoms with Gasteiger partial charge in [0.2, 0.25) is 0 Å². The highest BCUT2D eigenvalue weighted by Gasteiger charge is 2.28. The van der Waals surface area contributed by atoms with Gasteiger partial charge in [0.1, 0.15) is 0 Å². The third kappa shape index (κ3) is 2.94. The molecule has 2 nitrogen and oxygen atoms in total. The van der Waals surface area contributed by atoms with Crippen LogP contribution in [0.4, 0.5) is 0 Å². The first-order chi connectivity index (χ1) is 8.11. The summed E-state index contributed by atoms with van der Waals surface area (Å²) in [6.45, 7) is 2.21. The number of rotatable bonds is 2. The smallest absolute Gasteiger partial charge is 0.0595 e. The van der Waals surface area contributed by atoms with Crippen LogP contribution in [-0.4, -0.2) is 36.8 Å². The maximum Gasteiger partial charge on any atom is 0.0595 e. The van der Waals surface area contributed by atoms with Crippen LogP contribution < -0.4 is 0 Å². The van der Waals surface area contributed by atoms with Gasteiger partial charge in [-0.25, -0.2) is 0 Å². The van der Waals surface area contributed by atoms with E-state index >= 15 is 0 Å². The third-order valence-electron chi connectivity index (χ3n) is 3.54. The summed E-state index contributed by atoms with van der Waals surface area (Å²) in [7, 11) is 2.09. The Morgan fingerprint density at radius 3 is 2.76 bits per heavy atom. The minimum absolute atomic E-state index is 0.218. The molecule has 2 atom stereocenters. The van der Waals surface area contributed by atoms with Crippen LogP contribution in [0.3, 0.4) is 0 Å². The van der Waals surface area contributed by atoms with Crippen LogP contribution in [0.1, 0.15) is 17.9 Å². The van der Waals surface area contributed by atoms with E-state index in [9.17, 15) is 5.11 Å². The normalized spacial score (nSPS) is 26.1. The molecule has 1 heterocycles. The summed E-state index contributed by atoms with van der Waals surface area (Å²) in [6, 6.07) is 5.79. The van der Waals surface area contributed by atoms with E-state index in [-0.39, 0.29) is 12.5 Å². The van der Waals surface area contributed by atoms with Gasteiger partial charge in [0.25, 0.3) is 0 Å². The van der Waals surface area contributed by atoms with Gasteiger partial charge in [0.05, 0.1) is 10.0 Å². The van der Waals surface area contributed by atoms with E-state index in [1.54, 1.807) is 0 Å². The second-order valence-corrected chi connectivity index (χ2v) is 5.59. The lowest BCUT2D eigenvalue weighted by Crippen LogP contribution is -2.38. The number of hydrogen-bond acceptors (Lipinski definition) is 2. The minimum atomic E-state index is 0.218. The van der Waals surface area contributed by atoms with Crippen LogP contribution in [0, 0.1) is 5.92 Å². The average Bonchev–Trinajstić information content (AvgIpc) is 2.32. The quantitative estimate of drug-likeness (QED) is 0.896. The van der Waals surface area contributed by atoms with Gasteiger partial charge in [-0.3, -0.25) is 0 Å². The summed E-state index contributed by atoms with van der Waals surface area (Å²) in [5.74, 6) is 0.664. The molecule has 1 aromatic carbocycles. The van der Waals surface area contributed by atoms with Gasteiger partial charge in [-0.1, -0.05) is 29.3 Å². The highest BCUT2D eigenvalue weighted by atomic mass is 35.5. The van der Waals surface area contributed by atoms with Gasteiger partial charge in [0, 0.05) is 19.1 Å². The molecule has 2 rings (SSSR count). The number of halogens is 2. The Balaban J connectivity index is 2.22. The van der Waals surface area contributed by atoms with Crippen molar-refractivity contribution in [3.63, 3.8) is 0 Å². The fraction of sp³-hybridized carbons (Fsp3) is 0.538. The monoisotopic (exact) mass is 273 g/mol. The van der Waals surface area contributed by atoms with Crippen molar-refractivity contribution in [3.8, 4) is 0 Å². The van der Waals surface area contributed by atoms with Crippen LogP contribution in [0.15, 0.2) is 18.2 Å². The van der Waals surface area contributed by atoms with Crippen molar-refractivity contribution in [1.82, 2.24) is 4.90 Å². The maximum absolute atomic E-state index is 9.48. The Bertz CT molecular complexity index is 397. The van der Waals surface area contributed by atoms with Crippen LogP contribution >= 0.6 is 23.2 Å². The molecule has 1 fully saturated rings. The summed E-state index contributed by atoms with van der Waals surface area (Å²) in [5.41, 5.74) is 1.19. The number of likely N-dealkylation sites (tertiary alicyclic amines) is 1. The number of benzene rings is 1. The van der Waals surface area contributed by atoms with Gasteiger partial charge >= 0.3 is 0 Å². The van der Waals surface area contributed by atoms with E-state index < -0.39 is 0 Å². The van der Waals surface area contributed by atoms with E-state index in [1.165, 1.54) is 5.56 Å². The lowest BCUT2D eigenvalue weighted by atomic mass is 9.81. The number of piperidine rings is 1. The summed E-state index contributed by atoms with van der Waals surface area (Å²) in [6.07, 6.45) is 1.06. The van der Waals surface area contributed by atoms with E-state index in [2.05, 4.69) is 11.9 Å². The second-order valence-electron chi connectivity index (χ2n) is 4.77. The second kappa shape index (κ2) is 5.57. The highest BCUT2D eigenvalue weighted by molar-refractivity contribution is 6.42. The van der Waals surface area contributed by atoms with Gasteiger partial charge in [0.15, 0.2) is 0 Å². The molecule has 0 spiro atoms. The summed E-state index contributed by atoms with van der Waals surface area (Å²) < 4.78 is 0. The molecule has 1 N–H and O–H groups in total. The molecule has 4 heteroatoms. The van der Waals surface area contributed by atoms with Crippen LogP contribution in [0.25, 0.3) is 0 Å². The standard InChI is InChI=1S/C13H17Cl2NO/c1-16-5-4-11(10(7-16)8-17)9-2-3-12(14)13(15)6-9/h2-3,6,10-11,17H,4-5,7-8H2,1H3/t10-,11-/m0/s1. The van der Waals surface area contributed by atoms with E-state index in [0.717, 1.165) is 19.5 Å². The van der Waals surface area contributed by atoms with Gasteiger partial charge in [-0.15, -0.1) is 0 Å². The van der Waals surface area contributed by atoms with Crippen molar-refractivity contribution in [2.24, 2.45) is 5.92 Å². The van der Waals surface area contributed by atoms with Crippen molar-refractivity contribution in [2.75, 3.05) is 26.7 Å². The minimum Gasteiger partial charge on any atom is -0.396 e. The summed E-state index contributed by atoms with van der Waals surface area (Å²) >= 11 is 12.0. The fourth-order valence-corrected chi connectivity index (χ4v) is 2.89. The van der Waals surface area contributed by atoms with Crippen LogP contribution in [-0.2, 0) is 0 Å². The molecule has 0 aliphatic carbocycles. The topological polar surface area (TPSA) is 23.5 Å².